The van der Waals surface area contributed by atoms with Crippen molar-refractivity contribution in [2.45, 2.75) is 26.7 Å². The highest BCUT2D eigenvalue weighted by Gasteiger charge is 2.12. The van der Waals surface area contributed by atoms with E-state index in [4.69, 9.17) is 11.6 Å². The molecule has 0 unspecified atom stereocenters. The maximum atomic E-state index is 11.8. The van der Waals surface area contributed by atoms with Crippen molar-refractivity contribution >= 4 is 11.6 Å². The third kappa shape index (κ3) is 2.15. The minimum absolute atomic E-state index is 0.131. The summed E-state index contributed by atoms with van der Waals surface area (Å²) in [5, 5.41) is 0.672. The molecule has 0 spiro atoms. The molecule has 1 heterocycles. The quantitative estimate of drug-likeness (QED) is 0.873. The summed E-state index contributed by atoms with van der Waals surface area (Å²) in [5.74, 6) is 0.272. The molecule has 2 rings (SSSR count). The lowest BCUT2D eigenvalue weighted by Crippen LogP contribution is -2.17. The lowest BCUT2D eigenvalue weighted by molar-refractivity contribution is 0.776. The van der Waals surface area contributed by atoms with Gasteiger partial charge in [0.1, 0.15) is 0 Å². The molecule has 1 aromatic heterocycles. The van der Waals surface area contributed by atoms with Gasteiger partial charge in [-0.15, -0.1) is 0 Å². The number of nitrogens with zero attached hydrogens (tertiary/aromatic N) is 1. The summed E-state index contributed by atoms with van der Waals surface area (Å²) in [6.45, 7) is 6.04. The first-order valence-electron chi connectivity index (χ1n) is 5.57. The first-order chi connectivity index (χ1) is 8.00. The van der Waals surface area contributed by atoms with Gasteiger partial charge >= 0.3 is 5.69 Å². The first kappa shape index (κ1) is 12.0. The Morgan fingerprint density at radius 1 is 1.35 bits per heavy atom. The van der Waals surface area contributed by atoms with Crippen LogP contribution in [0.2, 0.25) is 5.02 Å². The Kier molecular flexibility index (Phi) is 3.11. The molecule has 0 aliphatic rings. The fourth-order valence-electron chi connectivity index (χ4n) is 1.79. The maximum Gasteiger partial charge on any atom is 0.330 e. The van der Waals surface area contributed by atoms with Gasteiger partial charge in [-0.1, -0.05) is 31.5 Å². The number of halogens is 1. The van der Waals surface area contributed by atoms with Crippen LogP contribution in [0, 0.1) is 6.92 Å². The molecule has 0 saturated heterocycles. The number of hydrogen-bond acceptors (Lipinski definition) is 1. The number of benzene rings is 1. The molecule has 0 atom stereocenters. The summed E-state index contributed by atoms with van der Waals surface area (Å²) in [7, 11) is 0. The van der Waals surface area contributed by atoms with Crippen LogP contribution in [0.25, 0.3) is 5.69 Å². The minimum Gasteiger partial charge on any atom is -0.312 e. The summed E-state index contributed by atoms with van der Waals surface area (Å²) in [4.78, 5) is 14.5. The minimum atomic E-state index is -0.131. The highest BCUT2D eigenvalue weighted by atomic mass is 35.5. The maximum absolute atomic E-state index is 11.8. The molecule has 0 fully saturated rings. The molecule has 90 valence electrons. The van der Waals surface area contributed by atoms with E-state index >= 15 is 0 Å². The zero-order valence-electron chi connectivity index (χ0n) is 10.1. The van der Waals surface area contributed by atoms with Crippen LogP contribution < -0.4 is 5.69 Å². The van der Waals surface area contributed by atoms with Crippen molar-refractivity contribution < 1.29 is 0 Å². The lowest BCUT2D eigenvalue weighted by Gasteiger charge is -2.10. The van der Waals surface area contributed by atoms with Crippen LogP contribution in [-0.4, -0.2) is 9.55 Å². The smallest absolute Gasteiger partial charge is 0.312 e. The van der Waals surface area contributed by atoms with E-state index in [-0.39, 0.29) is 11.6 Å². The summed E-state index contributed by atoms with van der Waals surface area (Å²) < 4.78 is 1.66. The van der Waals surface area contributed by atoms with Gasteiger partial charge in [-0.2, -0.15) is 0 Å². The molecular weight excluding hydrogens is 236 g/mol. The third-order valence-electron chi connectivity index (χ3n) is 2.81. The fourth-order valence-corrected chi connectivity index (χ4v) is 1.97. The van der Waals surface area contributed by atoms with Gasteiger partial charge in [-0.05, 0) is 30.5 Å². The molecular formula is C13H15ClN2O. The third-order valence-corrected chi connectivity index (χ3v) is 3.22. The van der Waals surface area contributed by atoms with Gasteiger partial charge in [0.25, 0.3) is 0 Å². The predicted octanol–water partition coefficient (Wildman–Crippen LogP) is 3.25. The Hall–Kier alpha value is -1.48. The van der Waals surface area contributed by atoms with Crippen LogP contribution in [0.5, 0.6) is 0 Å². The van der Waals surface area contributed by atoms with Crippen molar-refractivity contribution in [1.29, 1.82) is 0 Å². The Morgan fingerprint density at radius 2 is 2.06 bits per heavy atom. The normalized spacial score (nSPS) is 11.1. The number of hydrogen-bond donors (Lipinski definition) is 1. The van der Waals surface area contributed by atoms with Crippen LogP contribution in [-0.2, 0) is 0 Å². The molecule has 1 aromatic carbocycles. The van der Waals surface area contributed by atoms with E-state index in [1.54, 1.807) is 10.8 Å². The topological polar surface area (TPSA) is 37.8 Å². The van der Waals surface area contributed by atoms with E-state index < -0.39 is 0 Å². The van der Waals surface area contributed by atoms with Gasteiger partial charge in [0.05, 0.1) is 5.69 Å². The van der Waals surface area contributed by atoms with Gasteiger partial charge < -0.3 is 4.98 Å². The number of aryl methyl sites for hydroxylation is 1. The van der Waals surface area contributed by atoms with Crippen LogP contribution in [0.3, 0.4) is 0 Å². The average molecular weight is 251 g/mol. The number of rotatable bonds is 2. The highest BCUT2D eigenvalue weighted by molar-refractivity contribution is 6.31. The first-order valence-corrected chi connectivity index (χ1v) is 5.95. The van der Waals surface area contributed by atoms with Crippen LogP contribution >= 0.6 is 11.6 Å². The second kappa shape index (κ2) is 4.41. The van der Waals surface area contributed by atoms with Gasteiger partial charge in [0.15, 0.2) is 0 Å². The van der Waals surface area contributed by atoms with E-state index in [2.05, 4.69) is 18.8 Å². The van der Waals surface area contributed by atoms with Crippen molar-refractivity contribution in [3.63, 3.8) is 0 Å². The van der Waals surface area contributed by atoms with Crippen molar-refractivity contribution in [2.75, 3.05) is 0 Å². The highest BCUT2D eigenvalue weighted by Crippen LogP contribution is 2.21. The van der Waals surface area contributed by atoms with Gasteiger partial charge in [0.2, 0.25) is 0 Å². The summed E-state index contributed by atoms with van der Waals surface area (Å²) in [5.41, 5.74) is 2.63. The Labute approximate surface area is 105 Å². The van der Waals surface area contributed by atoms with E-state index in [1.807, 2.05) is 25.1 Å². The number of aromatic nitrogens is 2. The van der Waals surface area contributed by atoms with Crippen molar-refractivity contribution in [2.24, 2.45) is 0 Å². The molecule has 1 N–H and O–H groups in total. The molecule has 0 aliphatic carbocycles. The summed E-state index contributed by atoms with van der Waals surface area (Å²) >= 11 is 6.09. The second-order valence-corrected chi connectivity index (χ2v) is 4.85. The van der Waals surface area contributed by atoms with Gasteiger partial charge in [-0.25, -0.2) is 4.79 Å². The lowest BCUT2D eigenvalue weighted by atomic mass is 10.1. The number of H-pyrrole nitrogens is 1. The van der Waals surface area contributed by atoms with Crippen LogP contribution in [0.4, 0.5) is 0 Å². The zero-order valence-corrected chi connectivity index (χ0v) is 10.9. The van der Waals surface area contributed by atoms with Crippen molar-refractivity contribution in [1.82, 2.24) is 9.55 Å². The largest absolute Gasteiger partial charge is 0.330 e. The SMILES string of the molecule is Cc1ccc(-n2c(C(C)C)c[nH]c2=O)cc1Cl. The summed E-state index contributed by atoms with van der Waals surface area (Å²) in [6.07, 6.45) is 1.75. The monoisotopic (exact) mass is 250 g/mol. The molecule has 0 bridgehead atoms. The Balaban J connectivity index is 2.63. The molecule has 0 radical (unpaired) electrons. The Bertz CT molecular complexity index is 596. The van der Waals surface area contributed by atoms with Crippen molar-refractivity contribution in [3.8, 4) is 5.69 Å². The molecule has 0 aliphatic heterocycles. The van der Waals surface area contributed by atoms with E-state index in [0.717, 1.165) is 16.9 Å². The number of imidazole rings is 1. The predicted molar refractivity (Wildman–Crippen MR) is 70.2 cm³/mol. The molecule has 17 heavy (non-hydrogen) atoms. The summed E-state index contributed by atoms with van der Waals surface area (Å²) in [6, 6.07) is 5.64. The molecule has 0 saturated carbocycles. The van der Waals surface area contributed by atoms with Crippen LogP contribution in [0.15, 0.2) is 29.2 Å². The average Bonchev–Trinajstić information content (AvgIpc) is 2.64. The van der Waals surface area contributed by atoms with Crippen LogP contribution in [0.1, 0.15) is 31.0 Å². The van der Waals surface area contributed by atoms with Crippen molar-refractivity contribution in [3.05, 3.63) is 51.2 Å². The number of nitrogens with one attached hydrogen (secondary N) is 1. The van der Waals surface area contributed by atoms with Gasteiger partial charge in [0, 0.05) is 16.9 Å². The zero-order chi connectivity index (χ0) is 12.6. The van der Waals surface area contributed by atoms with E-state index in [1.165, 1.54) is 0 Å². The van der Waals surface area contributed by atoms with E-state index in [0.29, 0.717) is 5.02 Å². The van der Waals surface area contributed by atoms with E-state index in [9.17, 15) is 4.79 Å². The molecule has 3 nitrogen and oxygen atoms in total. The molecule has 4 heteroatoms. The molecule has 2 aromatic rings. The second-order valence-electron chi connectivity index (χ2n) is 4.44. The van der Waals surface area contributed by atoms with Gasteiger partial charge in [-0.3, -0.25) is 4.57 Å². The standard InChI is InChI=1S/C13H15ClN2O/c1-8(2)12-7-15-13(17)16(12)10-5-4-9(3)11(14)6-10/h4-8H,1-3H3,(H,15,17). The Morgan fingerprint density at radius 3 is 2.65 bits per heavy atom. The fraction of sp³-hybridized carbons (Fsp3) is 0.308. The number of aromatic amines is 1. The molecule has 0 amide bonds.